The Kier molecular flexibility index (Phi) is 2.77. The SMILES string of the molecule is NC(=O)c1cn(CCc2cccs2)nn1. The highest BCUT2D eigenvalue weighted by Gasteiger charge is 2.05. The number of hydrogen-bond donors (Lipinski definition) is 1. The first-order valence-electron chi connectivity index (χ1n) is 4.48. The van der Waals surface area contributed by atoms with Gasteiger partial charge >= 0.3 is 0 Å². The minimum absolute atomic E-state index is 0.209. The number of amides is 1. The van der Waals surface area contributed by atoms with Crippen LogP contribution in [0.1, 0.15) is 15.4 Å². The van der Waals surface area contributed by atoms with Crippen LogP contribution >= 0.6 is 11.3 Å². The Morgan fingerprint density at radius 3 is 3.07 bits per heavy atom. The molecule has 0 radical (unpaired) electrons. The minimum atomic E-state index is -0.544. The molecule has 0 aliphatic heterocycles. The van der Waals surface area contributed by atoms with Crippen LogP contribution in [0.25, 0.3) is 0 Å². The van der Waals surface area contributed by atoms with E-state index in [-0.39, 0.29) is 5.69 Å². The number of carbonyl (C=O) groups is 1. The van der Waals surface area contributed by atoms with Crippen molar-refractivity contribution in [2.45, 2.75) is 13.0 Å². The molecule has 5 nitrogen and oxygen atoms in total. The number of rotatable bonds is 4. The van der Waals surface area contributed by atoms with E-state index in [0.29, 0.717) is 6.54 Å². The van der Waals surface area contributed by atoms with Gasteiger partial charge in [0.05, 0.1) is 6.20 Å². The number of hydrogen-bond acceptors (Lipinski definition) is 4. The van der Waals surface area contributed by atoms with Crippen molar-refractivity contribution in [3.8, 4) is 0 Å². The molecule has 0 saturated carbocycles. The van der Waals surface area contributed by atoms with Crippen LogP contribution < -0.4 is 5.73 Å². The Balaban J connectivity index is 1.96. The molecular weight excluding hydrogens is 212 g/mol. The van der Waals surface area contributed by atoms with E-state index in [1.807, 2.05) is 11.4 Å². The molecule has 0 bridgehead atoms. The summed E-state index contributed by atoms with van der Waals surface area (Å²) in [4.78, 5) is 12.0. The monoisotopic (exact) mass is 222 g/mol. The average molecular weight is 222 g/mol. The van der Waals surface area contributed by atoms with Crippen LogP contribution in [0, 0.1) is 0 Å². The zero-order chi connectivity index (χ0) is 10.7. The van der Waals surface area contributed by atoms with E-state index < -0.39 is 5.91 Å². The van der Waals surface area contributed by atoms with Crippen molar-refractivity contribution in [1.82, 2.24) is 15.0 Å². The molecule has 6 heteroatoms. The van der Waals surface area contributed by atoms with Crippen LogP contribution in [0.4, 0.5) is 0 Å². The van der Waals surface area contributed by atoms with Crippen molar-refractivity contribution < 1.29 is 4.79 Å². The average Bonchev–Trinajstić information content (AvgIpc) is 2.86. The van der Waals surface area contributed by atoms with Gasteiger partial charge in [0.2, 0.25) is 0 Å². The van der Waals surface area contributed by atoms with Gasteiger partial charge in [0, 0.05) is 17.8 Å². The van der Waals surface area contributed by atoms with Crippen LogP contribution in [-0.4, -0.2) is 20.9 Å². The highest BCUT2D eigenvalue weighted by molar-refractivity contribution is 7.09. The summed E-state index contributed by atoms with van der Waals surface area (Å²) < 4.78 is 1.62. The van der Waals surface area contributed by atoms with Crippen LogP contribution in [0.5, 0.6) is 0 Å². The minimum Gasteiger partial charge on any atom is -0.364 e. The second-order valence-electron chi connectivity index (χ2n) is 3.06. The zero-order valence-electron chi connectivity index (χ0n) is 7.96. The topological polar surface area (TPSA) is 73.8 Å². The van der Waals surface area contributed by atoms with Gasteiger partial charge in [-0.05, 0) is 11.4 Å². The third-order valence-electron chi connectivity index (χ3n) is 1.96. The van der Waals surface area contributed by atoms with Gasteiger partial charge in [0.15, 0.2) is 5.69 Å². The fraction of sp³-hybridized carbons (Fsp3) is 0.222. The molecule has 0 aliphatic rings. The summed E-state index contributed by atoms with van der Waals surface area (Å²) in [6, 6.07) is 4.08. The molecule has 2 aromatic heterocycles. The number of aryl methyl sites for hydroxylation is 2. The third-order valence-corrected chi connectivity index (χ3v) is 2.89. The number of aromatic nitrogens is 3. The summed E-state index contributed by atoms with van der Waals surface area (Å²) in [5.74, 6) is -0.544. The summed E-state index contributed by atoms with van der Waals surface area (Å²) in [5, 5.41) is 9.50. The van der Waals surface area contributed by atoms with Crippen LogP contribution in [0.15, 0.2) is 23.7 Å². The van der Waals surface area contributed by atoms with E-state index >= 15 is 0 Å². The van der Waals surface area contributed by atoms with Crippen molar-refractivity contribution in [3.05, 3.63) is 34.3 Å². The van der Waals surface area contributed by atoms with E-state index in [9.17, 15) is 4.79 Å². The van der Waals surface area contributed by atoms with Gasteiger partial charge in [-0.25, -0.2) is 0 Å². The number of thiophene rings is 1. The first-order valence-corrected chi connectivity index (χ1v) is 5.36. The molecule has 0 fully saturated rings. The van der Waals surface area contributed by atoms with Crippen LogP contribution in [-0.2, 0) is 13.0 Å². The molecule has 78 valence electrons. The van der Waals surface area contributed by atoms with E-state index in [1.54, 1.807) is 22.2 Å². The van der Waals surface area contributed by atoms with E-state index in [2.05, 4.69) is 16.4 Å². The second-order valence-corrected chi connectivity index (χ2v) is 4.09. The number of carbonyl (C=O) groups excluding carboxylic acids is 1. The molecule has 0 unspecified atom stereocenters. The third kappa shape index (κ3) is 2.41. The lowest BCUT2D eigenvalue weighted by Gasteiger charge is -1.96. The van der Waals surface area contributed by atoms with E-state index in [4.69, 9.17) is 5.73 Å². The maximum Gasteiger partial charge on any atom is 0.270 e. The predicted octanol–water partition coefficient (Wildman–Crippen LogP) is 0.681. The number of primary amides is 1. The second kappa shape index (κ2) is 4.22. The van der Waals surface area contributed by atoms with Crippen molar-refractivity contribution in [3.63, 3.8) is 0 Å². The molecule has 2 rings (SSSR count). The lowest BCUT2D eigenvalue weighted by atomic mass is 10.3. The molecule has 0 atom stereocenters. The molecule has 0 aliphatic carbocycles. The molecule has 1 amide bonds. The first kappa shape index (κ1) is 9.85. The molecule has 2 heterocycles. The predicted molar refractivity (Wildman–Crippen MR) is 56.6 cm³/mol. The summed E-state index contributed by atoms with van der Waals surface area (Å²) in [5.41, 5.74) is 5.27. The van der Waals surface area contributed by atoms with Gasteiger partial charge in [-0.3, -0.25) is 9.48 Å². The summed E-state index contributed by atoms with van der Waals surface area (Å²) in [7, 11) is 0. The van der Waals surface area contributed by atoms with Gasteiger partial charge in [0.25, 0.3) is 5.91 Å². The van der Waals surface area contributed by atoms with E-state index in [1.165, 1.54) is 4.88 Å². The van der Waals surface area contributed by atoms with Crippen molar-refractivity contribution >= 4 is 17.2 Å². The quantitative estimate of drug-likeness (QED) is 0.826. The van der Waals surface area contributed by atoms with Gasteiger partial charge in [-0.15, -0.1) is 16.4 Å². The Labute approximate surface area is 90.5 Å². The molecule has 2 N–H and O–H groups in total. The normalized spacial score (nSPS) is 10.4. The molecule has 0 saturated heterocycles. The summed E-state index contributed by atoms with van der Waals surface area (Å²) >= 11 is 1.70. The Hall–Kier alpha value is -1.69. The standard InChI is InChI=1S/C9H10N4OS/c10-9(14)8-6-13(12-11-8)4-3-7-2-1-5-15-7/h1-2,5-6H,3-4H2,(H2,10,14). The largest absolute Gasteiger partial charge is 0.364 e. The highest BCUT2D eigenvalue weighted by Crippen LogP contribution is 2.09. The maximum atomic E-state index is 10.8. The molecule has 2 aromatic rings. The van der Waals surface area contributed by atoms with Gasteiger partial charge in [-0.2, -0.15) is 0 Å². The lowest BCUT2D eigenvalue weighted by molar-refractivity contribution is 0.0995. The Morgan fingerprint density at radius 1 is 1.60 bits per heavy atom. The molecular formula is C9H10N4OS. The molecule has 15 heavy (non-hydrogen) atoms. The number of nitrogens with two attached hydrogens (primary N) is 1. The van der Waals surface area contributed by atoms with Gasteiger partial charge in [-0.1, -0.05) is 11.3 Å². The van der Waals surface area contributed by atoms with Crippen molar-refractivity contribution in [2.75, 3.05) is 0 Å². The van der Waals surface area contributed by atoms with Crippen molar-refractivity contribution in [2.24, 2.45) is 5.73 Å². The van der Waals surface area contributed by atoms with Crippen LogP contribution in [0.2, 0.25) is 0 Å². The van der Waals surface area contributed by atoms with Gasteiger partial charge in [0.1, 0.15) is 0 Å². The fourth-order valence-corrected chi connectivity index (χ4v) is 1.90. The highest BCUT2D eigenvalue weighted by atomic mass is 32.1. The Morgan fingerprint density at radius 2 is 2.47 bits per heavy atom. The zero-order valence-corrected chi connectivity index (χ0v) is 8.78. The van der Waals surface area contributed by atoms with E-state index in [0.717, 1.165) is 6.42 Å². The number of nitrogens with zero attached hydrogens (tertiary/aromatic N) is 3. The van der Waals surface area contributed by atoms with Crippen LogP contribution in [0.3, 0.4) is 0 Å². The summed E-state index contributed by atoms with van der Waals surface area (Å²) in [6.07, 6.45) is 2.45. The Bertz CT molecular complexity index is 448. The lowest BCUT2D eigenvalue weighted by Crippen LogP contribution is -2.11. The fourth-order valence-electron chi connectivity index (χ4n) is 1.20. The van der Waals surface area contributed by atoms with Crippen molar-refractivity contribution in [1.29, 1.82) is 0 Å². The molecule has 0 spiro atoms. The molecule has 0 aromatic carbocycles. The smallest absolute Gasteiger partial charge is 0.270 e. The maximum absolute atomic E-state index is 10.8. The van der Waals surface area contributed by atoms with Gasteiger partial charge < -0.3 is 5.73 Å². The first-order chi connectivity index (χ1) is 7.25. The summed E-state index contributed by atoms with van der Waals surface area (Å²) in [6.45, 7) is 0.709.